The van der Waals surface area contributed by atoms with E-state index in [0.29, 0.717) is 69.1 Å². The number of thioether (sulfide) groups is 1. The zero-order valence-electron chi connectivity index (χ0n) is 38.1. The average Bonchev–Trinajstić information content (AvgIpc) is 3.71. The highest BCUT2D eigenvalue weighted by Gasteiger charge is 2.29. The van der Waals surface area contributed by atoms with Crippen LogP contribution < -0.4 is 25.6 Å². The molecule has 16 nitrogen and oxygen atoms in total. The van der Waals surface area contributed by atoms with Crippen molar-refractivity contribution in [2.75, 3.05) is 37.7 Å². The summed E-state index contributed by atoms with van der Waals surface area (Å²) in [5, 5.41) is 22.4. The van der Waals surface area contributed by atoms with Gasteiger partial charge in [0.1, 0.15) is 64.2 Å². The quantitative estimate of drug-likeness (QED) is 0.0264. The Bertz CT molecular complexity index is 2420. The Balaban J connectivity index is 1.17. The number of carbonyl (C=O) groups is 4. The highest BCUT2D eigenvalue weighted by Crippen LogP contribution is 2.45. The van der Waals surface area contributed by atoms with Crippen LogP contribution in [0.25, 0.3) is 26.5 Å². The first-order valence-electron chi connectivity index (χ1n) is 21.4. The summed E-state index contributed by atoms with van der Waals surface area (Å²) >= 11 is 8.99. The standard InChI is InChI=1S/C47H55ClN8O8S2/c1-29(52-40(57)36(54-45(60)64-47(5,6)7)12-9-10-21-51-44(59)63-46(2,3)4)43(58)62-25-24-61-34-19-15-30(16-20-34)37-35(26-49)42(55-39(38(37)50-8)56-22-11-23-56)66-28-33-27-65-41(53-33)31-13-17-32(48)18-14-31/h13-20,27,29,36H,9-12,21-25,28H2,1-7H3,(H,51,59)(H,52,57)(H,54,60)/t29-,36-/m0/s1. The van der Waals surface area contributed by atoms with E-state index in [4.69, 9.17) is 47.1 Å². The number of anilines is 1. The van der Waals surface area contributed by atoms with E-state index in [1.54, 1.807) is 65.8 Å². The number of rotatable bonds is 19. The van der Waals surface area contributed by atoms with Gasteiger partial charge in [0.05, 0.1) is 17.8 Å². The summed E-state index contributed by atoms with van der Waals surface area (Å²) in [6.07, 6.45) is 0.778. The molecule has 350 valence electrons. The molecule has 3 N–H and O–H groups in total. The van der Waals surface area contributed by atoms with E-state index in [-0.39, 0.29) is 19.6 Å². The van der Waals surface area contributed by atoms with Crippen LogP contribution in [0.4, 0.5) is 21.1 Å². The minimum atomic E-state index is -1.06. The summed E-state index contributed by atoms with van der Waals surface area (Å²) in [6, 6.07) is 14.7. The number of carbonyl (C=O) groups excluding carboxylic acids is 4. The highest BCUT2D eigenvalue weighted by atomic mass is 35.5. The van der Waals surface area contributed by atoms with E-state index in [0.717, 1.165) is 35.8 Å². The van der Waals surface area contributed by atoms with Crippen LogP contribution in [0.5, 0.6) is 5.75 Å². The molecule has 0 radical (unpaired) electrons. The van der Waals surface area contributed by atoms with Crippen LogP contribution in [0, 0.1) is 17.9 Å². The van der Waals surface area contributed by atoms with Crippen LogP contribution in [-0.4, -0.2) is 90.2 Å². The fourth-order valence-corrected chi connectivity index (χ4v) is 8.27. The monoisotopic (exact) mass is 958 g/mol. The van der Waals surface area contributed by atoms with E-state index in [9.17, 15) is 24.4 Å². The number of nitrogens with zero attached hydrogens (tertiary/aromatic N) is 5. The van der Waals surface area contributed by atoms with E-state index in [1.165, 1.54) is 30.0 Å². The lowest BCUT2D eigenvalue weighted by Crippen LogP contribution is -2.52. The third-order valence-corrected chi connectivity index (χ3v) is 11.7. The summed E-state index contributed by atoms with van der Waals surface area (Å²) in [5.74, 6) is 0.150. The van der Waals surface area contributed by atoms with Gasteiger partial charge in [-0.1, -0.05) is 47.6 Å². The first-order valence-corrected chi connectivity index (χ1v) is 23.7. The van der Waals surface area contributed by atoms with Crippen molar-refractivity contribution >= 4 is 70.3 Å². The SMILES string of the molecule is [C-]#[N+]c1c(N2CCC2)nc(SCc2csc(-c3ccc(Cl)cc3)n2)c(C#N)c1-c1ccc(OCCOC(=O)[C@H](C)NC(=O)[C@H](CCCCNC(=O)OC(C)(C)C)NC(=O)OC(C)(C)C)cc1. The molecule has 0 unspecified atom stereocenters. The molecule has 2 atom stereocenters. The number of alkyl carbamates (subject to hydrolysis) is 2. The number of nitrogens with one attached hydrogen (secondary N) is 3. The van der Waals surface area contributed by atoms with Crippen molar-refractivity contribution in [1.82, 2.24) is 25.9 Å². The topological polar surface area (TPSA) is 198 Å². The third kappa shape index (κ3) is 15.3. The van der Waals surface area contributed by atoms with Gasteiger partial charge in [0.2, 0.25) is 11.6 Å². The molecule has 2 aromatic carbocycles. The van der Waals surface area contributed by atoms with Crippen LogP contribution in [-0.2, 0) is 29.6 Å². The first kappa shape index (κ1) is 50.9. The second-order valence-corrected chi connectivity index (χ2v) is 19.5. The minimum absolute atomic E-state index is 0.00579. The van der Waals surface area contributed by atoms with Crippen molar-refractivity contribution in [1.29, 1.82) is 5.26 Å². The minimum Gasteiger partial charge on any atom is -0.490 e. The van der Waals surface area contributed by atoms with Crippen molar-refractivity contribution in [3.8, 4) is 33.5 Å². The number of unbranched alkanes of at least 4 members (excludes halogenated alkanes) is 1. The molecule has 3 amide bonds. The molecule has 2 aromatic heterocycles. The van der Waals surface area contributed by atoms with Gasteiger partial charge in [-0.25, -0.2) is 29.2 Å². The second kappa shape index (κ2) is 23.4. The zero-order valence-corrected chi connectivity index (χ0v) is 40.5. The summed E-state index contributed by atoms with van der Waals surface area (Å²) in [4.78, 5) is 66.4. The maximum absolute atomic E-state index is 13.3. The Morgan fingerprint density at radius 1 is 0.939 bits per heavy atom. The Morgan fingerprint density at radius 2 is 1.61 bits per heavy atom. The number of thiazole rings is 1. The van der Waals surface area contributed by atoms with E-state index in [2.05, 4.69) is 26.9 Å². The van der Waals surface area contributed by atoms with E-state index < -0.39 is 47.3 Å². The fraction of sp³-hybridized carbons (Fsp3) is 0.447. The van der Waals surface area contributed by atoms with Gasteiger partial charge in [-0.3, -0.25) is 4.79 Å². The second-order valence-electron chi connectivity index (χ2n) is 17.2. The van der Waals surface area contributed by atoms with E-state index >= 15 is 0 Å². The van der Waals surface area contributed by atoms with Gasteiger partial charge in [0, 0.05) is 46.9 Å². The Morgan fingerprint density at radius 3 is 2.23 bits per heavy atom. The molecule has 4 aromatic rings. The summed E-state index contributed by atoms with van der Waals surface area (Å²) in [5.41, 5.74) is 2.08. The number of nitriles is 1. The molecule has 0 bridgehead atoms. The van der Waals surface area contributed by atoms with Crippen molar-refractivity contribution in [3.05, 3.63) is 81.6 Å². The number of esters is 1. The Kier molecular flexibility index (Phi) is 18.0. The molecule has 19 heteroatoms. The lowest BCUT2D eigenvalue weighted by atomic mass is 9.99. The average molecular weight is 960 g/mol. The zero-order chi connectivity index (χ0) is 48.0. The first-order chi connectivity index (χ1) is 31.3. The highest BCUT2D eigenvalue weighted by molar-refractivity contribution is 7.98. The fourth-order valence-electron chi connectivity index (χ4n) is 6.34. The number of hydrogen-bond acceptors (Lipinski definition) is 14. The van der Waals surface area contributed by atoms with Crippen molar-refractivity contribution in [3.63, 3.8) is 0 Å². The number of aromatic nitrogens is 2. The molecule has 1 aliphatic heterocycles. The van der Waals surface area contributed by atoms with E-state index in [1.807, 2.05) is 34.5 Å². The van der Waals surface area contributed by atoms with Crippen LogP contribution in [0.1, 0.15) is 85.4 Å². The number of halogens is 1. The lowest BCUT2D eigenvalue weighted by molar-refractivity contribution is -0.148. The summed E-state index contributed by atoms with van der Waals surface area (Å²) in [7, 11) is 0. The molecule has 0 spiro atoms. The van der Waals surface area contributed by atoms with Crippen LogP contribution >= 0.6 is 34.7 Å². The molecule has 1 aliphatic rings. The van der Waals surface area contributed by atoms with Gasteiger partial charge in [-0.05, 0) is 104 Å². The largest absolute Gasteiger partial charge is 0.490 e. The van der Waals surface area contributed by atoms with Crippen LogP contribution in [0.3, 0.4) is 0 Å². The number of pyridine rings is 1. The van der Waals surface area contributed by atoms with Gasteiger partial charge in [-0.2, -0.15) is 5.26 Å². The third-order valence-electron chi connectivity index (χ3n) is 9.55. The molecular weight excluding hydrogens is 904 g/mol. The van der Waals surface area contributed by atoms with Gasteiger partial charge >= 0.3 is 18.2 Å². The lowest BCUT2D eigenvalue weighted by Gasteiger charge is -2.34. The molecule has 66 heavy (non-hydrogen) atoms. The number of hydrogen-bond donors (Lipinski definition) is 3. The molecule has 5 rings (SSSR count). The Hall–Kier alpha value is -6.08. The number of amides is 3. The normalized spacial score (nSPS) is 13.2. The molecule has 0 aliphatic carbocycles. The molecule has 0 saturated carbocycles. The maximum Gasteiger partial charge on any atom is 0.408 e. The predicted molar refractivity (Wildman–Crippen MR) is 255 cm³/mol. The van der Waals surface area contributed by atoms with Gasteiger partial charge in [0.15, 0.2) is 0 Å². The molecule has 3 heterocycles. The van der Waals surface area contributed by atoms with Gasteiger partial charge < -0.3 is 39.8 Å². The summed E-state index contributed by atoms with van der Waals surface area (Å²) < 4.78 is 21.8. The van der Waals surface area contributed by atoms with Crippen LogP contribution in [0.2, 0.25) is 5.02 Å². The Labute approximate surface area is 398 Å². The van der Waals surface area contributed by atoms with Crippen molar-refractivity contribution in [2.24, 2.45) is 0 Å². The smallest absolute Gasteiger partial charge is 0.408 e. The predicted octanol–water partition coefficient (Wildman–Crippen LogP) is 9.47. The van der Waals surface area contributed by atoms with Gasteiger partial charge in [0.25, 0.3) is 0 Å². The molecule has 1 saturated heterocycles. The maximum atomic E-state index is 13.3. The van der Waals surface area contributed by atoms with Crippen molar-refractivity contribution in [2.45, 2.75) is 108 Å². The van der Waals surface area contributed by atoms with Crippen LogP contribution in [0.15, 0.2) is 58.9 Å². The van der Waals surface area contributed by atoms with Crippen molar-refractivity contribution < 1.29 is 38.1 Å². The molecule has 1 fully saturated rings. The van der Waals surface area contributed by atoms with Gasteiger partial charge in [-0.15, -0.1) is 11.3 Å². The number of ether oxygens (including phenoxy) is 4. The summed E-state index contributed by atoms with van der Waals surface area (Å²) in [6.45, 7) is 21.7. The molecular formula is C47H55ClN8O8S2. The number of benzene rings is 2.